The smallest absolute Gasteiger partial charge is 0.248 e. The molecule has 0 spiro atoms. The molecule has 0 bridgehead atoms. The number of carbonyl (C=O) groups is 1. The Morgan fingerprint density at radius 1 is 1.28 bits per heavy atom. The highest BCUT2D eigenvalue weighted by Crippen LogP contribution is 2.27. The van der Waals surface area contributed by atoms with Crippen LogP contribution in [0.15, 0.2) is 66.6 Å². The average Bonchev–Trinajstić information content (AvgIpc) is 3.36. The van der Waals surface area contributed by atoms with Gasteiger partial charge in [-0.2, -0.15) is 5.26 Å². The molecular weight excluding hydrogens is 456 g/mol. The van der Waals surface area contributed by atoms with Crippen LogP contribution in [0, 0.1) is 11.3 Å². The lowest BCUT2D eigenvalue weighted by Crippen LogP contribution is -2.30. The van der Waals surface area contributed by atoms with Crippen molar-refractivity contribution in [2.45, 2.75) is 13.0 Å². The van der Waals surface area contributed by atoms with Crippen molar-refractivity contribution in [2.24, 2.45) is 0 Å². The maximum Gasteiger partial charge on any atom is 0.248 e. The molecule has 1 aliphatic heterocycles. The van der Waals surface area contributed by atoms with E-state index in [1.165, 1.54) is 5.56 Å². The third-order valence-corrected chi connectivity index (χ3v) is 5.67. The highest BCUT2D eigenvalue weighted by molar-refractivity contribution is 5.78. The van der Waals surface area contributed by atoms with Crippen molar-refractivity contribution < 1.29 is 14.6 Å². The standard InChI is InChI=1S/C27H28N6O3/c1-32(2)15-19-4-3-5-23(12-19)30-27-29-10-8-24(31-27)21-6-7-25(22(13-21)14-28)36-18-20-9-11-33(16-20)26(35)17-34/h3-8,10,12-13,18,34H,9,11,15-17H2,1-2H3,(H,29,30,31)/b20-18+. The molecule has 9 heteroatoms. The molecule has 1 saturated heterocycles. The number of nitriles is 1. The first-order valence-electron chi connectivity index (χ1n) is 11.6. The SMILES string of the molecule is CN(C)Cc1cccc(Nc2nccc(-c3ccc(O/C=C4\CCN(C(=O)CO)C4)c(C#N)c3)n2)c1. The number of aliphatic hydroxyl groups is 1. The highest BCUT2D eigenvalue weighted by atomic mass is 16.5. The molecular formula is C27H28N6O3. The third-order valence-electron chi connectivity index (χ3n) is 5.67. The van der Waals surface area contributed by atoms with Crippen molar-refractivity contribution in [3.63, 3.8) is 0 Å². The quantitative estimate of drug-likeness (QED) is 0.468. The van der Waals surface area contributed by atoms with Crippen LogP contribution in [0.25, 0.3) is 11.3 Å². The lowest BCUT2D eigenvalue weighted by molar-refractivity contribution is -0.132. The van der Waals surface area contributed by atoms with Gasteiger partial charge in [-0.15, -0.1) is 0 Å². The fourth-order valence-electron chi connectivity index (χ4n) is 3.94. The van der Waals surface area contributed by atoms with E-state index in [2.05, 4.69) is 38.4 Å². The van der Waals surface area contributed by atoms with Crippen LogP contribution in [-0.2, 0) is 11.3 Å². The van der Waals surface area contributed by atoms with Crippen LogP contribution in [0.2, 0.25) is 0 Å². The van der Waals surface area contributed by atoms with Gasteiger partial charge >= 0.3 is 0 Å². The van der Waals surface area contributed by atoms with Crippen molar-refractivity contribution in [1.29, 1.82) is 5.26 Å². The van der Waals surface area contributed by atoms with E-state index in [9.17, 15) is 10.1 Å². The molecule has 0 saturated carbocycles. The largest absolute Gasteiger partial charge is 0.464 e. The van der Waals surface area contributed by atoms with E-state index in [0.717, 1.165) is 23.4 Å². The lowest BCUT2D eigenvalue weighted by Gasteiger charge is -2.12. The van der Waals surface area contributed by atoms with Crippen LogP contribution in [-0.4, -0.2) is 64.6 Å². The minimum absolute atomic E-state index is 0.305. The van der Waals surface area contributed by atoms with Gasteiger partial charge in [0.15, 0.2) is 0 Å². The Balaban J connectivity index is 1.48. The minimum Gasteiger partial charge on any atom is -0.464 e. The minimum atomic E-state index is -0.503. The summed E-state index contributed by atoms with van der Waals surface area (Å²) in [5, 5.41) is 22.0. The van der Waals surface area contributed by atoms with Gasteiger partial charge in [-0.25, -0.2) is 9.97 Å². The van der Waals surface area contributed by atoms with Crippen molar-refractivity contribution in [3.8, 4) is 23.1 Å². The molecule has 0 aliphatic carbocycles. The van der Waals surface area contributed by atoms with E-state index in [0.29, 0.717) is 42.5 Å². The molecule has 0 radical (unpaired) electrons. The summed E-state index contributed by atoms with van der Waals surface area (Å²) in [6.07, 6.45) is 3.92. The Morgan fingerprint density at radius 2 is 2.14 bits per heavy atom. The molecule has 0 atom stereocenters. The second-order valence-corrected chi connectivity index (χ2v) is 8.77. The molecule has 0 unspecified atom stereocenters. The molecule has 36 heavy (non-hydrogen) atoms. The van der Waals surface area contributed by atoms with Gasteiger partial charge in [0, 0.05) is 37.1 Å². The summed E-state index contributed by atoms with van der Waals surface area (Å²) in [7, 11) is 4.05. The molecule has 1 aromatic heterocycles. The van der Waals surface area contributed by atoms with Gasteiger partial charge in [0.25, 0.3) is 0 Å². The van der Waals surface area contributed by atoms with Gasteiger partial charge in [-0.05, 0) is 68.1 Å². The molecule has 4 rings (SSSR count). The Bertz CT molecular complexity index is 1310. The molecule has 2 aromatic carbocycles. The van der Waals surface area contributed by atoms with Crippen LogP contribution in [0.3, 0.4) is 0 Å². The summed E-state index contributed by atoms with van der Waals surface area (Å²) in [5.74, 6) is 0.576. The predicted octanol–water partition coefficient (Wildman–Crippen LogP) is 3.31. The Morgan fingerprint density at radius 3 is 2.92 bits per heavy atom. The third kappa shape index (κ3) is 6.24. The van der Waals surface area contributed by atoms with Gasteiger partial charge in [-0.1, -0.05) is 12.1 Å². The Hall–Kier alpha value is -4.26. The normalized spacial score (nSPS) is 14.2. The van der Waals surface area contributed by atoms with Crippen molar-refractivity contribution >= 4 is 17.5 Å². The van der Waals surface area contributed by atoms with E-state index in [1.807, 2.05) is 32.3 Å². The summed E-state index contributed by atoms with van der Waals surface area (Å²) < 4.78 is 5.77. The zero-order valence-electron chi connectivity index (χ0n) is 20.3. The van der Waals surface area contributed by atoms with Gasteiger partial charge in [0.2, 0.25) is 11.9 Å². The molecule has 9 nitrogen and oxygen atoms in total. The van der Waals surface area contributed by atoms with Crippen molar-refractivity contribution in [1.82, 2.24) is 19.8 Å². The number of carbonyl (C=O) groups excluding carboxylic acids is 1. The van der Waals surface area contributed by atoms with Crippen LogP contribution in [0.4, 0.5) is 11.6 Å². The lowest BCUT2D eigenvalue weighted by atomic mass is 10.1. The highest BCUT2D eigenvalue weighted by Gasteiger charge is 2.21. The number of aromatic nitrogens is 2. The van der Waals surface area contributed by atoms with E-state index < -0.39 is 6.61 Å². The van der Waals surface area contributed by atoms with Gasteiger partial charge in [-0.3, -0.25) is 4.79 Å². The first kappa shape index (κ1) is 24.9. The Labute approximate surface area is 210 Å². The average molecular weight is 485 g/mol. The number of ether oxygens (including phenoxy) is 1. The second kappa shape index (κ2) is 11.4. The van der Waals surface area contributed by atoms with Crippen LogP contribution < -0.4 is 10.1 Å². The number of anilines is 2. The number of nitrogens with zero attached hydrogens (tertiary/aromatic N) is 5. The number of rotatable bonds is 8. The van der Waals surface area contributed by atoms with Gasteiger partial charge < -0.3 is 25.0 Å². The summed E-state index contributed by atoms with van der Waals surface area (Å²) in [4.78, 5) is 24.3. The molecule has 2 heterocycles. The van der Waals surface area contributed by atoms with E-state index >= 15 is 0 Å². The number of nitrogens with one attached hydrogen (secondary N) is 1. The van der Waals surface area contributed by atoms with Gasteiger partial charge in [0.1, 0.15) is 18.4 Å². The number of amides is 1. The number of benzene rings is 2. The summed E-state index contributed by atoms with van der Waals surface area (Å²) in [6.45, 7) is 1.28. The number of aliphatic hydroxyl groups excluding tert-OH is 1. The topological polar surface area (TPSA) is 115 Å². The van der Waals surface area contributed by atoms with Crippen LogP contribution in [0.1, 0.15) is 17.5 Å². The van der Waals surface area contributed by atoms with E-state index in [1.54, 1.807) is 35.6 Å². The molecule has 1 fully saturated rings. The van der Waals surface area contributed by atoms with Crippen molar-refractivity contribution in [3.05, 3.63) is 77.7 Å². The first-order chi connectivity index (χ1) is 17.4. The van der Waals surface area contributed by atoms with Gasteiger partial charge in [0.05, 0.1) is 17.5 Å². The number of hydrogen-bond acceptors (Lipinski definition) is 8. The molecule has 1 aliphatic rings. The van der Waals surface area contributed by atoms with Crippen molar-refractivity contribution in [2.75, 3.05) is 39.1 Å². The fourth-order valence-corrected chi connectivity index (χ4v) is 3.94. The molecule has 2 N–H and O–H groups in total. The maximum absolute atomic E-state index is 11.6. The Kier molecular flexibility index (Phi) is 7.90. The van der Waals surface area contributed by atoms with Crippen LogP contribution in [0.5, 0.6) is 5.75 Å². The molecule has 1 amide bonds. The second-order valence-electron chi connectivity index (χ2n) is 8.77. The monoisotopic (exact) mass is 484 g/mol. The summed E-state index contributed by atoms with van der Waals surface area (Å²) >= 11 is 0. The van der Waals surface area contributed by atoms with Crippen LogP contribution >= 0.6 is 0 Å². The van der Waals surface area contributed by atoms with E-state index in [4.69, 9.17) is 9.84 Å². The van der Waals surface area contributed by atoms with E-state index in [-0.39, 0.29) is 5.91 Å². The first-order valence-corrected chi connectivity index (χ1v) is 11.6. The molecule has 3 aromatic rings. The molecule has 184 valence electrons. The summed E-state index contributed by atoms with van der Waals surface area (Å²) in [6, 6.07) is 17.4. The fraction of sp³-hybridized carbons (Fsp3) is 0.259. The summed E-state index contributed by atoms with van der Waals surface area (Å²) in [5.41, 5.74) is 4.80. The zero-order valence-corrected chi connectivity index (χ0v) is 20.3. The predicted molar refractivity (Wildman–Crippen MR) is 136 cm³/mol. The zero-order chi connectivity index (χ0) is 25.5. The number of hydrogen-bond donors (Lipinski definition) is 2. The maximum atomic E-state index is 11.6. The number of likely N-dealkylation sites (tertiary alicyclic amines) is 1.